The third kappa shape index (κ3) is 6.02. The summed E-state index contributed by atoms with van der Waals surface area (Å²) in [5, 5.41) is 2.43. The normalized spacial score (nSPS) is 20.7. The Balaban J connectivity index is 1.29. The van der Waals surface area contributed by atoms with Crippen molar-refractivity contribution in [3.8, 4) is 0 Å². The Morgan fingerprint density at radius 2 is 1.93 bits per heavy atom. The zero-order chi connectivity index (χ0) is 29.4. The molecule has 1 unspecified atom stereocenters. The number of benzene rings is 2. The van der Waals surface area contributed by atoms with Crippen LogP contribution in [0, 0.1) is 5.92 Å². The van der Waals surface area contributed by atoms with Crippen LogP contribution in [-0.4, -0.2) is 28.3 Å². The number of anilines is 1. The smallest absolute Gasteiger partial charge is 0.263 e. The largest absolute Gasteiger partial charge is 0.335 e. The molecule has 0 fully saturated rings. The number of rotatable bonds is 8. The van der Waals surface area contributed by atoms with Crippen molar-refractivity contribution in [2.45, 2.75) is 60.8 Å². The van der Waals surface area contributed by atoms with Crippen LogP contribution in [0.2, 0.25) is 0 Å². The minimum atomic E-state index is -3.25. The van der Waals surface area contributed by atoms with Crippen LogP contribution in [0.4, 0.5) is 5.69 Å². The van der Waals surface area contributed by atoms with Crippen LogP contribution in [0.25, 0.3) is 16.3 Å². The number of thiazole rings is 1. The molecule has 0 radical (unpaired) electrons. The predicted octanol–water partition coefficient (Wildman–Crippen LogP) is 8.11. The summed E-state index contributed by atoms with van der Waals surface area (Å²) in [4.78, 5) is 9.49. The van der Waals surface area contributed by atoms with E-state index in [-0.39, 0.29) is 0 Å². The Morgan fingerprint density at radius 3 is 2.69 bits per heavy atom. The van der Waals surface area contributed by atoms with Crippen molar-refractivity contribution >= 4 is 67.0 Å². The van der Waals surface area contributed by atoms with Gasteiger partial charge in [0.05, 0.1) is 34.8 Å². The maximum absolute atomic E-state index is 12.2. The lowest BCUT2D eigenvalue weighted by molar-refractivity contribution is -0.665. The second-order valence-electron chi connectivity index (χ2n) is 10.7. The van der Waals surface area contributed by atoms with Crippen LogP contribution in [0.15, 0.2) is 91.1 Å². The monoisotopic (exact) mass is 639 g/mol. The van der Waals surface area contributed by atoms with E-state index >= 15 is 0 Å². The molecule has 6 rings (SSSR count). The van der Waals surface area contributed by atoms with E-state index in [1.54, 1.807) is 17.8 Å². The molecule has 1 aliphatic heterocycles. The van der Waals surface area contributed by atoms with Crippen LogP contribution in [0.5, 0.6) is 0 Å². The first-order chi connectivity index (χ1) is 20.3. The molecule has 3 aliphatic rings. The van der Waals surface area contributed by atoms with E-state index in [1.165, 1.54) is 70.2 Å². The molecule has 10 heteroatoms. The van der Waals surface area contributed by atoms with Crippen molar-refractivity contribution < 1.29 is 22.2 Å². The summed E-state index contributed by atoms with van der Waals surface area (Å²) < 4.78 is 33.0. The Kier molecular flexibility index (Phi) is 8.73. The summed E-state index contributed by atoms with van der Waals surface area (Å²) >= 11 is 4.78. The van der Waals surface area contributed by atoms with E-state index < -0.39 is 9.84 Å². The fraction of sp³-hybridized carbons (Fsp3) is 0.344. The molecular weight excluding hydrogens is 605 g/mol. The van der Waals surface area contributed by atoms with Crippen molar-refractivity contribution in [3.63, 3.8) is 0 Å². The first-order valence-electron chi connectivity index (χ1n) is 14.2. The van der Waals surface area contributed by atoms with Gasteiger partial charge < -0.3 is 4.90 Å². The molecule has 2 heterocycles. The van der Waals surface area contributed by atoms with Gasteiger partial charge in [0.15, 0.2) is 9.84 Å². The van der Waals surface area contributed by atoms with E-state index in [4.69, 9.17) is 9.22 Å². The van der Waals surface area contributed by atoms with Crippen LogP contribution in [0.3, 0.4) is 0 Å². The molecule has 3 aromatic rings. The highest BCUT2D eigenvalue weighted by atomic mass is 32.2. The quantitative estimate of drug-likeness (QED) is 0.107. The van der Waals surface area contributed by atoms with Gasteiger partial charge in [0.25, 0.3) is 5.01 Å². The van der Waals surface area contributed by atoms with Gasteiger partial charge >= 0.3 is 0 Å². The van der Waals surface area contributed by atoms with Crippen LogP contribution in [0.1, 0.15) is 44.5 Å². The maximum Gasteiger partial charge on any atom is 0.263 e. The fourth-order valence-electron chi connectivity index (χ4n) is 5.94. The Bertz CT molecular complexity index is 1770. The summed E-state index contributed by atoms with van der Waals surface area (Å²) in [6.07, 6.45) is 15.3. The zero-order valence-electron chi connectivity index (χ0n) is 24.3. The van der Waals surface area contributed by atoms with Crippen LogP contribution >= 0.6 is 35.1 Å². The molecule has 0 N–H and O–H groups in total. The number of thioether (sulfide) groups is 1. The average molecular weight is 640 g/mol. The first-order valence-corrected chi connectivity index (χ1v) is 18.5. The van der Waals surface area contributed by atoms with Crippen molar-refractivity contribution in [3.05, 3.63) is 81.4 Å². The summed E-state index contributed by atoms with van der Waals surface area (Å²) in [5.41, 5.74) is 6.34. The van der Waals surface area contributed by atoms with E-state index in [9.17, 15) is 8.42 Å². The predicted molar refractivity (Wildman–Crippen MR) is 174 cm³/mol. The molecule has 1 aromatic heterocycles. The third-order valence-corrected chi connectivity index (χ3v) is 12.0. The second kappa shape index (κ2) is 12.3. The molecule has 1 atom stereocenters. The molecule has 0 saturated heterocycles. The highest BCUT2D eigenvalue weighted by Crippen LogP contribution is 2.48. The number of allylic oxidation sites excluding steroid dienone is 6. The first kappa shape index (κ1) is 29.7. The van der Waals surface area contributed by atoms with Crippen molar-refractivity contribution in [2.75, 3.05) is 24.8 Å². The molecule has 42 heavy (non-hydrogen) atoms. The van der Waals surface area contributed by atoms with Gasteiger partial charge in [-0.25, -0.2) is 13.3 Å². The van der Waals surface area contributed by atoms with Gasteiger partial charge in [-0.05, 0) is 98.6 Å². The molecule has 2 aliphatic carbocycles. The van der Waals surface area contributed by atoms with Gasteiger partial charge in [-0.15, -0.1) is 0 Å². The SMILES string of the molecule is CCN1/C(=C/C2=CC3=C/C(=C/c4sc5ccc(SOOC)cc5[n+]4CC)CCC3CC2)Sc2ccc(S(C)(=O)=O)cc21. The van der Waals surface area contributed by atoms with Gasteiger partial charge in [-0.1, -0.05) is 35.3 Å². The maximum atomic E-state index is 12.2. The van der Waals surface area contributed by atoms with Crippen LogP contribution in [-0.2, 0) is 25.6 Å². The average Bonchev–Trinajstić information content (AvgIpc) is 3.50. The molecule has 220 valence electrons. The number of aromatic nitrogens is 1. The van der Waals surface area contributed by atoms with E-state index in [2.05, 4.69) is 65.8 Å². The number of fused-ring (bicyclic) bond motifs is 3. The Morgan fingerprint density at radius 1 is 1.10 bits per heavy atom. The molecule has 2 aromatic carbocycles. The molecule has 6 nitrogen and oxygen atoms in total. The number of sulfone groups is 1. The third-order valence-electron chi connectivity index (χ3n) is 8.02. The minimum Gasteiger partial charge on any atom is -0.335 e. The van der Waals surface area contributed by atoms with Gasteiger partial charge in [0.2, 0.25) is 5.52 Å². The van der Waals surface area contributed by atoms with Gasteiger partial charge in [-0.3, -0.25) is 0 Å². The van der Waals surface area contributed by atoms with Crippen molar-refractivity contribution in [2.24, 2.45) is 5.92 Å². The lowest BCUT2D eigenvalue weighted by Crippen LogP contribution is -2.33. The highest BCUT2D eigenvalue weighted by Gasteiger charge is 2.28. The summed E-state index contributed by atoms with van der Waals surface area (Å²) in [5.74, 6) is 0.610. The number of nitrogens with zero attached hydrogens (tertiary/aromatic N) is 2. The van der Waals surface area contributed by atoms with Crippen LogP contribution < -0.4 is 9.47 Å². The van der Waals surface area contributed by atoms with Gasteiger partial charge in [0.1, 0.15) is 11.2 Å². The summed E-state index contributed by atoms with van der Waals surface area (Å²) in [6.45, 7) is 6.00. The van der Waals surface area contributed by atoms with Gasteiger partial charge in [-0.2, -0.15) is 8.90 Å². The number of aryl methyl sites for hydroxylation is 1. The molecule has 0 saturated carbocycles. The zero-order valence-corrected chi connectivity index (χ0v) is 27.5. The summed E-state index contributed by atoms with van der Waals surface area (Å²) in [7, 11) is -1.74. The van der Waals surface area contributed by atoms with E-state index in [0.717, 1.165) is 46.4 Å². The van der Waals surface area contributed by atoms with E-state index in [0.29, 0.717) is 10.8 Å². The lowest BCUT2D eigenvalue weighted by atomic mass is 9.77. The lowest BCUT2D eigenvalue weighted by Gasteiger charge is -2.28. The van der Waals surface area contributed by atoms with E-state index in [1.807, 2.05) is 23.5 Å². The molecule has 0 spiro atoms. The minimum absolute atomic E-state index is 0.371. The highest BCUT2D eigenvalue weighted by molar-refractivity contribution is 8.03. The van der Waals surface area contributed by atoms with Crippen molar-refractivity contribution in [1.29, 1.82) is 0 Å². The standard InChI is InChI=1S/C32H35N2O4S4/c1-5-33-27-19-25(41-38-37-3)11-13-29(27)39-31(33)17-21-7-9-23-10-8-22(16-24(23)15-21)18-32-34(6-2)28-20-26(42(4,35)36)12-14-30(28)40-32/h11-20,23H,5-10H2,1-4H3/q+1. The number of hydrogen-bond acceptors (Lipinski definition) is 8. The number of hydrogen-bond donors (Lipinski definition) is 0. The molecule has 0 amide bonds. The Labute approximate surface area is 260 Å². The Hall–Kier alpha value is -2.34. The second-order valence-corrected chi connectivity index (χ2v) is 15.6. The molecule has 0 bridgehead atoms. The topological polar surface area (TPSA) is 59.7 Å². The van der Waals surface area contributed by atoms with Gasteiger partial charge in [0, 0.05) is 34.7 Å². The summed E-state index contributed by atoms with van der Waals surface area (Å²) in [6, 6.07) is 11.9. The fourth-order valence-corrected chi connectivity index (χ4v) is 9.38. The van der Waals surface area contributed by atoms with Crippen molar-refractivity contribution in [1.82, 2.24) is 0 Å². The molecular formula is C32H35N2O4S4+.